The summed E-state index contributed by atoms with van der Waals surface area (Å²) in [4.78, 5) is 40.4. The molecule has 3 aliphatic rings. The molecule has 3 fully saturated rings. The highest BCUT2D eigenvalue weighted by atomic mass is 19.3. The van der Waals surface area contributed by atoms with Crippen LogP contribution < -0.4 is 4.90 Å². The Bertz CT molecular complexity index is 1610. The topological polar surface area (TPSA) is 94.1 Å². The van der Waals surface area contributed by atoms with E-state index in [1.54, 1.807) is 11.2 Å². The lowest BCUT2D eigenvalue weighted by Crippen LogP contribution is -2.50. The number of aromatic amines is 1. The number of carbonyl (C=O) groups excluding carboxylic acids is 1. The zero-order valence-corrected chi connectivity index (χ0v) is 23.6. The standard InChI is InChI=1S/C31H34F2N8O/c1-20(39-10-12-41(13-11-39)30(42)24-18-31(24,32)33)21-6-7-34-23(14-21)16-28-37-25-5-4-22(15-27(25)38-28)26-17-29(36-19-35-26)40-8-2-3-9-40/h4-7,14-15,17,19-20,24H,2-3,8-13,16,18H2,1H3,(H,37,38). The van der Waals surface area contributed by atoms with Gasteiger partial charge in [-0.3, -0.25) is 14.7 Å². The molecule has 3 aromatic heterocycles. The molecule has 1 aromatic carbocycles. The molecule has 1 N–H and O–H groups in total. The molecule has 2 atom stereocenters. The Morgan fingerprint density at radius 1 is 1.02 bits per heavy atom. The molecule has 9 nitrogen and oxygen atoms in total. The van der Waals surface area contributed by atoms with Gasteiger partial charge in [0.2, 0.25) is 5.91 Å². The van der Waals surface area contributed by atoms with E-state index in [0.29, 0.717) is 32.6 Å². The zero-order chi connectivity index (χ0) is 28.8. The first-order valence-electron chi connectivity index (χ1n) is 14.8. The average Bonchev–Trinajstić information content (AvgIpc) is 3.36. The van der Waals surface area contributed by atoms with Crippen molar-refractivity contribution in [2.75, 3.05) is 44.2 Å². The summed E-state index contributed by atoms with van der Waals surface area (Å²) in [5.74, 6) is -2.52. The number of pyridine rings is 1. The van der Waals surface area contributed by atoms with E-state index >= 15 is 0 Å². The fraction of sp³-hybridized carbons (Fsp3) is 0.452. The Morgan fingerprint density at radius 3 is 2.57 bits per heavy atom. The second-order valence-corrected chi connectivity index (χ2v) is 11.7. The van der Waals surface area contributed by atoms with Crippen LogP contribution in [0.2, 0.25) is 0 Å². The van der Waals surface area contributed by atoms with Crippen LogP contribution in [0.4, 0.5) is 14.6 Å². The number of benzene rings is 1. The maximum Gasteiger partial charge on any atom is 0.260 e. The van der Waals surface area contributed by atoms with Crippen LogP contribution in [-0.2, 0) is 11.2 Å². The van der Waals surface area contributed by atoms with Crippen molar-refractivity contribution in [1.29, 1.82) is 0 Å². The third-order valence-corrected chi connectivity index (χ3v) is 8.88. The lowest BCUT2D eigenvalue weighted by atomic mass is 10.1. The summed E-state index contributed by atoms with van der Waals surface area (Å²) in [5.41, 5.74) is 5.79. The lowest BCUT2D eigenvalue weighted by Gasteiger charge is -2.38. The summed E-state index contributed by atoms with van der Waals surface area (Å²) < 4.78 is 26.7. The Kier molecular flexibility index (Phi) is 6.84. The third kappa shape index (κ3) is 5.33. The van der Waals surface area contributed by atoms with Gasteiger partial charge in [0.05, 0.1) is 16.7 Å². The second kappa shape index (κ2) is 10.7. The Hall–Kier alpha value is -3.99. The number of aromatic nitrogens is 5. The van der Waals surface area contributed by atoms with Crippen LogP contribution in [0.15, 0.2) is 48.9 Å². The van der Waals surface area contributed by atoms with Gasteiger partial charge in [-0.15, -0.1) is 0 Å². The highest BCUT2D eigenvalue weighted by Gasteiger charge is 2.62. The van der Waals surface area contributed by atoms with Crippen LogP contribution in [0.3, 0.4) is 0 Å². The van der Waals surface area contributed by atoms with Crippen molar-refractivity contribution < 1.29 is 13.6 Å². The summed E-state index contributed by atoms with van der Waals surface area (Å²) in [6.45, 7) is 6.47. The lowest BCUT2D eigenvalue weighted by molar-refractivity contribution is -0.136. The van der Waals surface area contributed by atoms with Gasteiger partial charge >= 0.3 is 0 Å². The summed E-state index contributed by atoms with van der Waals surface area (Å²) in [5, 5.41) is 0. The van der Waals surface area contributed by atoms with Gasteiger partial charge in [-0.05, 0) is 49.6 Å². The number of hydrogen-bond donors (Lipinski definition) is 1. The molecule has 0 bridgehead atoms. The normalized spacial score (nSPS) is 21.2. The van der Waals surface area contributed by atoms with Crippen LogP contribution in [-0.4, -0.2) is 85.8 Å². The molecule has 2 unspecified atom stereocenters. The minimum Gasteiger partial charge on any atom is -0.357 e. The first-order chi connectivity index (χ1) is 20.3. The second-order valence-electron chi connectivity index (χ2n) is 11.7. The highest BCUT2D eigenvalue weighted by molar-refractivity contribution is 5.83. The van der Waals surface area contributed by atoms with E-state index in [4.69, 9.17) is 4.98 Å². The van der Waals surface area contributed by atoms with E-state index in [2.05, 4.69) is 54.9 Å². The van der Waals surface area contributed by atoms with Crippen molar-refractivity contribution in [3.05, 3.63) is 66.0 Å². The number of imidazole rings is 1. The first-order valence-corrected chi connectivity index (χ1v) is 14.8. The van der Waals surface area contributed by atoms with E-state index in [1.807, 2.05) is 24.4 Å². The number of hydrogen-bond acceptors (Lipinski definition) is 7. The molecule has 2 saturated heterocycles. The predicted molar refractivity (Wildman–Crippen MR) is 155 cm³/mol. The Morgan fingerprint density at radius 2 is 1.81 bits per heavy atom. The Balaban J connectivity index is 1.01. The van der Waals surface area contributed by atoms with E-state index < -0.39 is 17.7 Å². The van der Waals surface area contributed by atoms with Crippen molar-refractivity contribution in [1.82, 2.24) is 34.7 Å². The molecule has 4 aromatic rings. The number of H-pyrrole nitrogens is 1. The molecular weight excluding hydrogens is 538 g/mol. The molecule has 2 aliphatic heterocycles. The molecule has 5 heterocycles. The predicted octanol–water partition coefficient (Wildman–Crippen LogP) is 4.47. The SMILES string of the molecule is CC(c1ccnc(Cc2nc3ccc(-c4cc(N5CCCC5)ncn4)cc3[nH]2)c1)N1CCN(C(=O)C2CC2(F)F)CC1. The minimum atomic E-state index is -2.81. The minimum absolute atomic E-state index is 0.114. The maximum absolute atomic E-state index is 13.4. The molecule has 1 saturated carbocycles. The molecule has 218 valence electrons. The maximum atomic E-state index is 13.4. The largest absolute Gasteiger partial charge is 0.357 e. The van der Waals surface area contributed by atoms with Crippen LogP contribution in [0.25, 0.3) is 22.3 Å². The van der Waals surface area contributed by atoms with Crippen molar-refractivity contribution >= 4 is 22.8 Å². The number of nitrogens with one attached hydrogen (secondary N) is 1. The third-order valence-electron chi connectivity index (χ3n) is 8.88. The first kappa shape index (κ1) is 26.9. The molecule has 7 rings (SSSR count). The number of fused-ring (bicyclic) bond motifs is 1. The summed E-state index contributed by atoms with van der Waals surface area (Å²) >= 11 is 0. The number of anilines is 1. The monoisotopic (exact) mass is 572 g/mol. The number of rotatable bonds is 7. The van der Waals surface area contributed by atoms with E-state index in [9.17, 15) is 13.6 Å². The van der Waals surface area contributed by atoms with Gasteiger partial charge in [0.15, 0.2) is 0 Å². The van der Waals surface area contributed by atoms with Crippen molar-refractivity contribution in [3.8, 4) is 11.3 Å². The number of nitrogens with zero attached hydrogens (tertiary/aromatic N) is 7. The van der Waals surface area contributed by atoms with Crippen molar-refractivity contribution in [2.24, 2.45) is 5.92 Å². The molecule has 0 spiro atoms. The van der Waals surface area contributed by atoms with Gasteiger partial charge in [-0.25, -0.2) is 23.7 Å². The quantitative estimate of drug-likeness (QED) is 0.349. The van der Waals surface area contributed by atoms with Gasteiger partial charge in [-0.1, -0.05) is 6.07 Å². The van der Waals surface area contributed by atoms with Crippen molar-refractivity contribution in [2.45, 2.75) is 44.6 Å². The number of carbonyl (C=O) groups is 1. The molecule has 42 heavy (non-hydrogen) atoms. The fourth-order valence-corrected chi connectivity index (χ4v) is 6.20. The Labute approximate surface area is 243 Å². The molecule has 1 aliphatic carbocycles. The van der Waals surface area contributed by atoms with E-state index in [-0.39, 0.29) is 12.5 Å². The zero-order valence-electron chi connectivity index (χ0n) is 23.6. The van der Waals surface area contributed by atoms with Gasteiger partial charge < -0.3 is 14.8 Å². The number of halogens is 2. The van der Waals surface area contributed by atoms with Crippen LogP contribution >= 0.6 is 0 Å². The van der Waals surface area contributed by atoms with Gasteiger partial charge in [-0.2, -0.15) is 0 Å². The fourth-order valence-electron chi connectivity index (χ4n) is 6.20. The van der Waals surface area contributed by atoms with Crippen LogP contribution in [0, 0.1) is 5.92 Å². The molecule has 0 radical (unpaired) electrons. The van der Waals surface area contributed by atoms with Crippen LogP contribution in [0.1, 0.15) is 49.3 Å². The van der Waals surface area contributed by atoms with Gasteiger partial charge in [0.25, 0.3) is 5.92 Å². The van der Waals surface area contributed by atoms with Gasteiger partial charge in [0.1, 0.15) is 23.9 Å². The molecule has 11 heteroatoms. The molecule has 1 amide bonds. The van der Waals surface area contributed by atoms with Crippen molar-refractivity contribution in [3.63, 3.8) is 0 Å². The van der Waals surface area contributed by atoms with Gasteiger partial charge in [0, 0.05) is 81.7 Å². The van der Waals surface area contributed by atoms with E-state index in [1.165, 1.54) is 12.8 Å². The summed E-state index contributed by atoms with van der Waals surface area (Å²) in [7, 11) is 0. The van der Waals surface area contributed by atoms with E-state index in [0.717, 1.165) is 58.3 Å². The number of piperazine rings is 1. The molecular formula is C31H34F2N8O. The summed E-state index contributed by atoms with van der Waals surface area (Å²) in [6.07, 6.45) is 6.11. The van der Waals surface area contributed by atoms with Crippen LogP contribution in [0.5, 0.6) is 0 Å². The average molecular weight is 573 g/mol. The number of alkyl halides is 2. The smallest absolute Gasteiger partial charge is 0.260 e. The highest BCUT2D eigenvalue weighted by Crippen LogP contribution is 2.49. The summed E-state index contributed by atoms with van der Waals surface area (Å²) in [6, 6.07) is 12.4. The number of amides is 1.